The van der Waals surface area contributed by atoms with Crippen LogP contribution in [0.25, 0.3) is 0 Å². The lowest BCUT2D eigenvalue weighted by Crippen LogP contribution is -2.33. The molecule has 0 saturated heterocycles. The molecule has 2 fully saturated rings. The Hall–Kier alpha value is -2.24. The summed E-state index contributed by atoms with van der Waals surface area (Å²) in [6.45, 7) is 5.73. The average Bonchev–Trinajstić information content (AvgIpc) is 2.91. The van der Waals surface area contributed by atoms with Crippen molar-refractivity contribution in [2.24, 2.45) is 22.1 Å². The van der Waals surface area contributed by atoms with Crippen LogP contribution in [0.15, 0.2) is 47.2 Å². The molecule has 2 aliphatic carbocycles. The smallest absolute Gasteiger partial charge is 0.330 e. The second kappa shape index (κ2) is 18.9. The minimum Gasteiger partial charge on any atom is -0.481 e. The molecule has 6 heteroatoms. The predicted octanol–water partition coefficient (Wildman–Crippen LogP) is 8.38. The molecule has 0 aliphatic heterocycles. The van der Waals surface area contributed by atoms with Crippen LogP contribution in [0, 0.1) is 11.8 Å². The average molecular weight is 515 g/mol. The Kier molecular flexibility index (Phi) is 15.8. The Morgan fingerprint density at radius 3 is 2.30 bits per heavy atom. The predicted molar refractivity (Wildman–Crippen MR) is 150 cm³/mol. The van der Waals surface area contributed by atoms with Crippen molar-refractivity contribution in [3.63, 3.8) is 0 Å². The van der Waals surface area contributed by atoms with Gasteiger partial charge in [0.25, 0.3) is 0 Å². The zero-order valence-electron chi connectivity index (χ0n) is 23.1. The number of hydrogen-bond acceptors (Lipinski definition) is 5. The first-order chi connectivity index (χ1) is 18.0. The van der Waals surface area contributed by atoms with Crippen molar-refractivity contribution in [3.05, 3.63) is 37.0 Å². The highest BCUT2D eigenvalue weighted by atomic mass is 16.5. The molecule has 0 aromatic carbocycles. The summed E-state index contributed by atoms with van der Waals surface area (Å²) in [6.07, 6.45) is 27.7. The van der Waals surface area contributed by atoms with Crippen LogP contribution in [0.1, 0.15) is 116 Å². The number of carboxylic acids is 1. The van der Waals surface area contributed by atoms with Crippen molar-refractivity contribution in [2.75, 3.05) is 0 Å². The highest BCUT2D eigenvalue weighted by Gasteiger charge is 2.32. The molecule has 0 spiro atoms. The SMILES string of the molecule is C=CC(=O)OC1CCC(N=NC2CCC(C(=O)O)CC2)C(CCCCCCC/C=C\C/C=C\CCC)C1. The molecule has 1 N–H and O–H groups in total. The van der Waals surface area contributed by atoms with E-state index in [2.05, 4.69) is 42.9 Å². The molecule has 37 heavy (non-hydrogen) atoms. The van der Waals surface area contributed by atoms with Crippen LogP contribution in [0.2, 0.25) is 0 Å². The minimum atomic E-state index is -0.686. The van der Waals surface area contributed by atoms with E-state index in [1.54, 1.807) is 0 Å². The minimum absolute atomic E-state index is 0.0587. The summed E-state index contributed by atoms with van der Waals surface area (Å²) in [5.41, 5.74) is 0. The van der Waals surface area contributed by atoms with Gasteiger partial charge in [-0.15, -0.1) is 0 Å². The van der Waals surface area contributed by atoms with E-state index in [0.717, 1.165) is 51.4 Å². The number of azo groups is 1. The van der Waals surface area contributed by atoms with Gasteiger partial charge >= 0.3 is 11.9 Å². The monoisotopic (exact) mass is 514 g/mol. The third-order valence-corrected chi connectivity index (χ3v) is 7.77. The maximum absolute atomic E-state index is 11.7. The maximum atomic E-state index is 11.7. The second-order valence-corrected chi connectivity index (χ2v) is 10.8. The molecule has 0 bridgehead atoms. The lowest BCUT2D eigenvalue weighted by atomic mass is 9.80. The summed E-state index contributed by atoms with van der Waals surface area (Å²) in [6, 6.07) is 0.321. The lowest BCUT2D eigenvalue weighted by Gasteiger charge is -2.33. The van der Waals surface area contributed by atoms with E-state index in [4.69, 9.17) is 9.85 Å². The molecule has 0 aromatic rings. The van der Waals surface area contributed by atoms with Gasteiger partial charge in [-0.25, -0.2) is 4.79 Å². The number of esters is 1. The molecule has 208 valence electrons. The number of carboxylic acid groups (broad SMARTS) is 1. The van der Waals surface area contributed by atoms with Crippen molar-refractivity contribution in [3.8, 4) is 0 Å². The van der Waals surface area contributed by atoms with Crippen LogP contribution in [0.3, 0.4) is 0 Å². The van der Waals surface area contributed by atoms with Gasteiger partial charge in [0.05, 0.1) is 18.0 Å². The van der Waals surface area contributed by atoms with Gasteiger partial charge in [-0.2, -0.15) is 10.2 Å². The fourth-order valence-corrected chi connectivity index (χ4v) is 5.48. The Labute approximate surface area is 224 Å². The molecule has 0 radical (unpaired) electrons. The van der Waals surface area contributed by atoms with E-state index in [1.807, 2.05) is 0 Å². The lowest BCUT2D eigenvalue weighted by molar-refractivity contribution is -0.145. The first-order valence-electron chi connectivity index (χ1n) is 14.8. The summed E-state index contributed by atoms with van der Waals surface area (Å²) in [5.74, 6) is -0.878. The van der Waals surface area contributed by atoms with E-state index in [9.17, 15) is 14.7 Å². The molecule has 0 amide bonds. The molecular weight excluding hydrogens is 464 g/mol. The van der Waals surface area contributed by atoms with Gasteiger partial charge in [-0.1, -0.05) is 69.9 Å². The highest BCUT2D eigenvalue weighted by Crippen LogP contribution is 2.34. The number of unbranched alkanes of at least 4 members (excludes halogenated alkanes) is 6. The fourth-order valence-electron chi connectivity index (χ4n) is 5.48. The molecule has 2 rings (SSSR count). The Morgan fingerprint density at radius 1 is 0.892 bits per heavy atom. The van der Waals surface area contributed by atoms with Gasteiger partial charge in [0, 0.05) is 6.08 Å². The summed E-state index contributed by atoms with van der Waals surface area (Å²) in [4.78, 5) is 22.9. The summed E-state index contributed by atoms with van der Waals surface area (Å²) in [7, 11) is 0. The zero-order valence-corrected chi connectivity index (χ0v) is 23.1. The van der Waals surface area contributed by atoms with Crippen molar-refractivity contribution < 1.29 is 19.4 Å². The topological polar surface area (TPSA) is 88.3 Å². The van der Waals surface area contributed by atoms with Crippen LogP contribution in [0.4, 0.5) is 0 Å². The number of nitrogens with zero attached hydrogens (tertiary/aromatic N) is 2. The second-order valence-electron chi connectivity index (χ2n) is 10.8. The van der Waals surface area contributed by atoms with Gasteiger partial charge in [0.2, 0.25) is 0 Å². The summed E-state index contributed by atoms with van der Waals surface area (Å²) < 4.78 is 5.57. The number of rotatable bonds is 17. The van der Waals surface area contributed by atoms with Gasteiger partial charge in [-0.05, 0) is 83.0 Å². The molecule has 2 aliphatic rings. The Bertz CT molecular complexity index is 752. The molecule has 0 heterocycles. The number of aliphatic carboxylic acids is 1. The van der Waals surface area contributed by atoms with Crippen LogP contribution >= 0.6 is 0 Å². The van der Waals surface area contributed by atoms with E-state index < -0.39 is 5.97 Å². The van der Waals surface area contributed by atoms with Crippen LogP contribution < -0.4 is 0 Å². The third kappa shape index (κ3) is 13.2. The molecule has 3 atom stereocenters. The van der Waals surface area contributed by atoms with E-state index in [0.29, 0.717) is 18.8 Å². The summed E-state index contributed by atoms with van der Waals surface area (Å²) >= 11 is 0. The van der Waals surface area contributed by atoms with Crippen LogP contribution in [-0.2, 0) is 14.3 Å². The normalized spacial score (nSPS) is 26.7. The fraction of sp³-hybridized carbons (Fsp3) is 0.742. The Morgan fingerprint density at radius 2 is 1.59 bits per heavy atom. The third-order valence-electron chi connectivity index (χ3n) is 7.77. The van der Waals surface area contributed by atoms with Crippen LogP contribution in [0.5, 0.6) is 0 Å². The molecule has 2 saturated carbocycles. The first kappa shape index (κ1) is 31.0. The van der Waals surface area contributed by atoms with Gasteiger partial charge < -0.3 is 9.84 Å². The maximum Gasteiger partial charge on any atom is 0.330 e. The van der Waals surface area contributed by atoms with Crippen LogP contribution in [-0.4, -0.2) is 35.2 Å². The van der Waals surface area contributed by atoms with Crippen molar-refractivity contribution in [1.29, 1.82) is 0 Å². The molecule has 6 nitrogen and oxygen atoms in total. The summed E-state index contributed by atoms with van der Waals surface area (Å²) in [5, 5.41) is 18.7. The number of allylic oxidation sites excluding steroid dienone is 4. The number of carbonyl (C=O) groups excluding carboxylic acids is 1. The molecule has 0 aromatic heterocycles. The van der Waals surface area contributed by atoms with E-state index in [-0.39, 0.29) is 30.1 Å². The van der Waals surface area contributed by atoms with E-state index >= 15 is 0 Å². The largest absolute Gasteiger partial charge is 0.481 e. The quantitative estimate of drug-likeness (QED) is 0.0694. The standard InChI is InChI=1S/C31H50N2O4/c1-3-5-6-7-8-9-10-11-12-13-14-15-16-17-26-24-28(37-30(34)4-2)22-23-29(26)33-32-27-20-18-25(19-21-27)31(35)36/h4,6-7,9-10,25-29H,2-3,5,8,11-24H2,1H3,(H,35,36)/b7-6-,10-9-,33-32?. The first-order valence-corrected chi connectivity index (χ1v) is 14.8. The van der Waals surface area contributed by atoms with Gasteiger partial charge in [0.15, 0.2) is 0 Å². The highest BCUT2D eigenvalue weighted by molar-refractivity contribution is 5.81. The van der Waals surface area contributed by atoms with Gasteiger partial charge in [-0.3, -0.25) is 4.79 Å². The number of carbonyl (C=O) groups is 2. The van der Waals surface area contributed by atoms with Crippen molar-refractivity contribution in [1.82, 2.24) is 0 Å². The Balaban J connectivity index is 1.72. The van der Waals surface area contributed by atoms with E-state index in [1.165, 1.54) is 51.0 Å². The van der Waals surface area contributed by atoms with Crippen molar-refractivity contribution >= 4 is 11.9 Å². The molecule has 3 unspecified atom stereocenters. The number of ether oxygens (including phenoxy) is 1. The van der Waals surface area contributed by atoms with Crippen molar-refractivity contribution in [2.45, 2.75) is 134 Å². The zero-order chi connectivity index (χ0) is 26.7. The molecular formula is C31H50N2O4. The van der Waals surface area contributed by atoms with Gasteiger partial charge in [0.1, 0.15) is 6.10 Å². The number of hydrogen-bond donors (Lipinski definition) is 1.